The monoisotopic (exact) mass is 251 g/mol. The number of imidazole rings is 1. The van der Waals surface area contributed by atoms with Gasteiger partial charge in [-0.2, -0.15) is 0 Å². The standard InChI is InChI=1S/C14H25N3O/c1-11(2)7-15-8-14-9-16-10-17(14)13-4-5-18-12(3)6-13/h9-13,15H,4-8H2,1-3H3. The van der Waals surface area contributed by atoms with Gasteiger partial charge in [0.25, 0.3) is 0 Å². The van der Waals surface area contributed by atoms with Crippen molar-refractivity contribution in [3.05, 3.63) is 18.2 Å². The lowest BCUT2D eigenvalue weighted by atomic mass is 10.0. The molecule has 0 amide bonds. The predicted molar refractivity (Wildman–Crippen MR) is 72.5 cm³/mol. The molecular formula is C14H25N3O. The van der Waals surface area contributed by atoms with Gasteiger partial charge in [0, 0.05) is 25.4 Å². The summed E-state index contributed by atoms with van der Waals surface area (Å²) in [6.45, 7) is 9.43. The van der Waals surface area contributed by atoms with Crippen LogP contribution in [0.15, 0.2) is 12.5 Å². The lowest BCUT2D eigenvalue weighted by molar-refractivity contribution is 0.00541. The number of hydrogen-bond acceptors (Lipinski definition) is 3. The summed E-state index contributed by atoms with van der Waals surface area (Å²) in [6.07, 6.45) is 6.50. The number of hydrogen-bond donors (Lipinski definition) is 1. The van der Waals surface area contributed by atoms with Crippen molar-refractivity contribution in [1.29, 1.82) is 0 Å². The first-order valence-corrected chi connectivity index (χ1v) is 7.00. The van der Waals surface area contributed by atoms with E-state index in [1.54, 1.807) is 0 Å². The number of nitrogens with one attached hydrogen (secondary N) is 1. The van der Waals surface area contributed by atoms with Gasteiger partial charge in [-0.1, -0.05) is 13.8 Å². The fraction of sp³-hybridized carbons (Fsp3) is 0.786. The molecule has 0 saturated carbocycles. The van der Waals surface area contributed by atoms with E-state index in [9.17, 15) is 0 Å². The fourth-order valence-electron chi connectivity index (χ4n) is 2.51. The zero-order chi connectivity index (χ0) is 13.0. The molecule has 1 aliphatic rings. The average Bonchev–Trinajstić information content (AvgIpc) is 2.77. The van der Waals surface area contributed by atoms with Gasteiger partial charge in [0.15, 0.2) is 0 Å². The van der Waals surface area contributed by atoms with E-state index in [0.29, 0.717) is 18.1 Å². The van der Waals surface area contributed by atoms with Gasteiger partial charge in [-0.3, -0.25) is 0 Å². The van der Waals surface area contributed by atoms with Crippen LogP contribution in [0.3, 0.4) is 0 Å². The number of aromatic nitrogens is 2. The second-order valence-corrected chi connectivity index (χ2v) is 5.68. The van der Waals surface area contributed by atoms with E-state index in [1.165, 1.54) is 5.69 Å². The number of nitrogens with zero attached hydrogens (tertiary/aromatic N) is 2. The van der Waals surface area contributed by atoms with Crippen molar-refractivity contribution in [2.45, 2.75) is 52.3 Å². The highest BCUT2D eigenvalue weighted by molar-refractivity contribution is 5.01. The van der Waals surface area contributed by atoms with Crippen LogP contribution in [0.25, 0.3) is 0 Å². The molecule has 0 bridgehead atoms. The van der Waals surface area contributed by atoms with Crippen molar-refractivity contribution in [3.63, 3.8) is 0 Å². The van der Waals surface area contributed by atoms with E-state index >= 15 is 0 Å². The van der Waals surface area contributed by atoms with Gasteiger partial charge >= 0.3 is 0 Å². The van der Waals surface area contributed by atoms with E-state index in [-0.39, 0.29) is 0 Å². The summed E-state index contributed by atoms with van der Waals surface area (Å²) < 4.78 is 7.93. The Balaban J connectivity index is 1.94. The van der Waals surface area contributed by atoms with Gasteiger partial charge in [-0.05, 0) is 32.2 Å². The third-order valence-corrected chi connectivity index (χ3v) is 3.46. The van der Waals surface area contributed by atoms with Gasteiger partial charge < -0.3 is 14.6 Å². The topological polar surface area (TPSA) is 39.1 Å². The van der Waals surface area contributed by atoms with Crippen molar-refractivity contribution < 1.29 is 4.74 Å². The van der Waals surface area contributed by atoms with Gasteiger partial charge in [0.2, 0.25) is 0 Å². The Morgan fingerprint density at radius 1 is 1.56 bits per heavy atom. The van der Waals surface area contributed by atoms with E-state index in [4.69, 9.17) is 4.74 Å². The van der Waals surface area contributed by atoms with Crippen molar-refractivity contribution in [2.75, 3.05) is 13.2 Å². The Morgan fingerprint density at radius 3 is 3.11 bits per heavy atom. The van der Waals surface area contributed by atoms with Crippen molar-refractivity contribution in [3.8, 4) is 0 Å². The molecule has 18 heavy (non-hydrogen) atoms. The smallest absolute Gasteiger partial charge is 0.0951 e. The zero-order valence-electron chi connectivity index (χ0n) is 11.7. The molecule has 1 aromatic rings. The summed E-state index contributed by atoms with van der Waals surface area (Å²) >= 11 is 0. The lowest BCUT2D eigenvalue weighted by Crippen LogP contribution is -2.27. The molecule has 0 aromatic carbocycles. The van der Waals surface area contributed by atoms with Crippen LogP contribution in [-0.4, -0.2) is 28.8 Å². The molecule has 1 aromatic heterocycles. The molecule has 4 heteroatoms. The van der Waals surface area contributed by atoms with E-state index in [1.807, 2.05) is 12.5 Å². The molecule has 2 atom stereocenters. The summed E-state index contributed by atoms with van der Waals surface area (Å²) in [5.41, 5.74) is 1.29. The Hall–Kier alpha value is -0.870. The number of ether oxygens (including phenoxy) is 1. The minimum atomic E-state index is 0.364. The normalized spacial score (nSPS) is 24.7. The quantitative estimate of drug-likeness (QED) is 0.873. The molecule has 1 fully saturated rings. The van der Waals surface area contributed by atoms with Crippen molar-refractivity contribution >= 4 is 0 Å². The Bertz CT molecular complexity index is 362. The minimum absolute atomic E-state index is 0.364. The molecule has 0 spiro atoms. The summed E-state index contributed by atoms with van der Waals surface area (Å²) in [4.78, 5) is 4.30. The molecule has 1 saturated heterocycles. The molecule has 2 rings (SSSR count). The van der Waals surface area contributed by atoms with Gasteiger partial charge in [0.05, 0.1) is 18.1 Å². The highest BCUT2D eigenvalue weighted by atomic mass is 16.5. The predicted octanol–water partition coefficient (Wildman–Crippen LogP) is 2.37. The van der Waals surface area contributed by atoms with Crippen LogP contribution in [0.1, 0.15) is 45.3 Å². The molecular weight excluding hydrogens is 226 g/mol. The summed E-state index contributed by atoms with van der Waals surface area (Å²) in [5, 5.41) is 3.49. The van der Waals surface area contributed by atoms with Crippen LogP contribution < -0.4 is 5.32 Å². The first-order valence-electron chi connectivity index (χ1n) is 7.00. The minimum Gasteiger partial charge on any atom is -0.378 e. The molecule has 1 N–H and O–H groups in total. The molecule has 1 aliphatic heterocycles. The molecule has 4 nitrogen and oxygen atoms in total. The van der Waals surface area contributed by atoms with Crippen LogP contribution >= 0.6 is 0 Å². The number of rotatable bonds is 5. The van der Waals surface area contributed by atoms with Gasteiger partial charge in [0.1, 0.15) is 0 Å². The molecule has 0 radical (unpaired) electrons. The Morgan fingerprint density at radius 2 is 2.39 bits per heavy atom. The highest BCUT2D eigenvalue weighted by Crippen LogP contribution is 2.25. The van der Waals surface area contributed by atoms with Crippen molar-refractivity contribution in [1.82, 2.24) is 14.9 Å². The molecule has 102 valence electrons. The molecule has 2 unspecified atom stereocenters. The first kappa shape index (κ1) is 13.6. The van der Waals surface area contributed by atoms with Crippen LogP contribution in [0, 0.1) is 5.92 Å². The van der Waals surface area contributed by atoms with E-state index in [0.717, 1.165) is 32.5 Å². The molecule has 0 aliphatic carbocycles. The molecule has 2 heterocycles. The highest BCUT2D eigenvalue weighted by Gasteiger charge is 2.22. The largest absolute Gasteiger partial charge is 0.378 e. The Labute approximate surface area is 110 Å². The third-order valence-electron chi connectivity index (χ3n) is 3.46. The lowest BCUT2D eigenvalue weighted by Gasteiger charge is -2.29. The van der Waals surface area contributed by atoms with E-state index in [2.05, 4.69) is 35.6 Å². The SMILES string of the molecule is CC(C)CNCc1cncn1C1CCOC(C)C1. The van der Waals surface area contributed by atoms with E-state index < -0.39 is 0 Å². The van der Waals surface area contributed by atoms with Gasteiger partial charge in [-0.15, -0.1) is 0 Å². The van der Waals surface area contributed by atoms with Crippen LogP contribution in [0.5, 0.6) is 0 Å². The third kappa shape index (κ3) is 3.56. The Kier molecular flexibility index (Phi) is 4.78. The summed E-state index contributed by atoms with van der Waals surface area (Å²) in [6, 6.07) is 0.548. The maximum absolute atomic E-state index is 5.61. The van der Waals surface area contributed by atoms with Gasteiger partial charge in [-0.25, -0.2) is 4.98 Å². The summed E-state index contributed by atoms with van der Waals surface area (Å²) in [5.74, 6) is 0.685. The average molecular weight is 251 g/mol. The van der Waals surface area contributed by atoms with Crippen LogP contribution in [0.4, 0.5) is 0 Å². The zero-order valence-corrected chi connectivity index (χ0v) is 11.7. The van der Waals surface area contributed by atoms with Crippen molar-refractivity contribution in [2.24, 2.45) is 5.92 Å². The van der Waals surface area contributed by atoms with Crippen LogP contribution in [0.2, 0.25) is 0 Å². The fourth-order valence-corrected chi connectivity index (χ4v) is 2.51. The maximum atomic E-state index is 5.61. The maximum Gasteiger partial charge on any atom is 0.0951 e. The first-order chi connectivity index (χ1) is 8.66. The van der Waals surface area contributed by atoms with Crippen LogP contribution in [-0.2, 0) is 11.3 Å². The second kappa shape index (κ2) is 6.34. The second-order valence-electron chi connectivity index (χ2n) is 5.68. The summed E-state index contributed by atoms with van der Waals surface area (Å²) in [7, 11) is 0.